The Bertz CT molecular complexity index is 1150. The summed E-state index contributed by atoms with van der Waals surface area (Å²) in [5, 5.41) is 11.6. The predicted molar refractivity (Wildman–Crippen MR) is 132 cm³/mol. The van der Waals surface area contributed by atoms with Gasteiger partial charge in [0, 0.05) is 28.7 Å². The number of aliphatic hydroxyl groups is 1. The Kier molecular flexibility index (Phi) is 6.45. The summed E-state index contributed by atoms with van der Waals surface area (Å²) in [6.07, 6.45) is -0.195. The Morgan fingerprint density at radius 1 is 1.19 bits per heavy atom. The molecule has 1 aromatic rings. The topological polar surface area (TPSA) is 63.6 Å². The highest BCUT2D eigenvalue weighted by Gasteiger charge is 2.74. The van der Waals surface area contributed by atoms with Crippen LogP contribution in [0.25, 0.3) is 0 Å². The molecule has 3 saturated carbocycles. The molecule has 0 heterocycles. The molecular formula is C30H35F3O4. The second-order valence-electron chi connectivity index (χ2n) is 11.7. The van der Waals surface area contributed by atoms with E-state index < -0.39 is 58.0 Å². The highest BCUT2D eigenvalue weighted by Crippen LogP contribution is 2.70. The maximum atomic E-state index is 17.5. The number of carbonyl (C=O) groups excluding carboxylic acids is 2. The molecule has 1 aromatic carbocycles. The first-order valence-electron chi connectivity index (χ1n) is 13.4. The van der Waals surface area contributed by atoms with E-state index in [1.54, 1.807) is 6.92 Å². The average Bonchev–Trinajstić information content (AvgIpc) is 3.14. The molecule has 0 aromatic heterocycles. The summed E-state index contributed by atoms with van der Waals surface area (Å²) >= 11 is 0. The number of hydrogen-bond acceptors (Lipinski definition) is 4. The van der Waals surface area contributed by atoms with Crippen molar-refractivity contribution in [1.82, 2.24) is 0 Å². The zero-order chi connectivity index (χ0) is 26.8. The summed E-state index contributed by atoms with van der Waals surface area (Å²) in [6, 6.07) is 9.80. The minimum absolute atomic E-state index is 0.00668. The van der Waals surface area contributed by atoms with Gasteiger partial charge in [-0.15, -0.1) is 0 Å². The number of ketones is 1. The number of aliphatic hydroxyl groups excluding tert-OH is 1. The maximum Gasteiger partial charge on any atom is 0.305 e. The van der Waals surface area contributed by atoms with E-state index in [0.717, 1.165) is 11.6 Å². The largest absolute Gasteiger partial charge is 0.461 e. The number of hydrogen-bond donors (Lipinski definition) is 1. The van der Waals surface area contributed by atoms with Gasteiger partial charge in [0.05, 0.1) is 6.10 Å². The molecular weight excluding hydrogens is 481 g/mol. The molecule has 3 fully saturated rings. The molecule has 5 rings (SSSR count). The fourth-order valence-corrected chi connectivity index (χ4v) is 8.30. The predicted octanol–water partition coefficient (Wildman–Crippen LogP) is 5.78. The van der Waals surface area contributed by atoms with Crippen molar-refractivity contribution in [2.75, 3.05) is 0 Å². The van der Waals surface area contributed by atoms with Gasteiger partial charge in [-0.3, -0.25) is 9.59 Å². The van der Waals surface area contributed by atoms with Crippen molar-refractivity contribution in [2.45, 2.75) is 83.3 Å². The number of benzene rings is 1. The van der Waals surface area contributed by atoms with Gasteiger partial charge in [-0.2, -0.15) is 0 Å². The fraction of sp³-hybridized carbons (Fsp3) is 0.600. The number of allylic oxidation sites excluding steroid dienone is 4. The average molecular weight is 517 g/mol. The molecule has 4 aliphatic carbocycles. The minimum Gasteiger partial charge on any atom is -0.461 e. The Hall–Kier alpha value is -2.41. The van der Waals surface area contributed by atoms with Crippen molar-refractivity contribution < 1.29 is 32.6 Å². The second kappa shape index (κ2) is 9.11. The van der Waals surface area contributed by atoms with Crippen LogP contribution < -0.4 is 0 Å². The molecule has 0 amide bonds. The van der Waals surface area contributed by atoms with Gasteiger partial charge in [0.25, 0.3) is 0 Å². The molecule has 7 heteroatoms. The molecule has 4 nitrogen and oxygen atoms in total. The molecule has 0 bridgehead atoms. The Labute approximate surface area is 216 Å². The number of alkyl halides is 2. The summed E-state index contributed by atoms with van der Waals surface area (Å²) in [7, 11) is 0. The molecule has 0 radical (unpaired) electrons. The van der Waals surface area contributed by atoms with E-state index in [0.29, 0.717) is 19.3 Å². The van der Waals surface area contributed by atoms with Crippen molar-refractivity contribution in [3.05, 3.63) is 59.4 Å². The molecule has 0 saturated heterocycles. The van der Waals surface area contributed by atoms with Crippen LogP contribution in [0.5, 0.6) is 0 Å². The number of carbonyl (C=O) groups is 2. The summed E-state index contributed by atoms with van der Waals surface area (Å²) < 4.78 is 54.1. The maximum absolute atomic E-state index is 17.5. The quantitative estimate of drug-likeness (QED) is 0.504. The van der Waals surface area contributed by atoms with Gasteiger partial charge < -0.3 is 9.84 Å². The van der Waals surface area contributed by atoms with Gasteiger partial charge in [-0.1, -0.05) is 50.3 Å². The Morgan fingerprint density at radius 3 is 2.57 bits per heavy atom. The number of fused-ring (bicyclic) bond motifs is 5. The number of aryl methyl sites for hydroxylation is 1. The minimum atomic E-state index is -2.37. The van der Waals surface area contributed by atoms with E-state index in [1.165, 1.54) is 13.0 Å². The van der Waals surface area contributed by atoms with Crippen LogP contribution in [0.1, 0.15) is 58.4 Å². The van der Waals surface area contributed by atoms with Crippen LogP contribution in [0.2, 0.25) is 0 Å². The van der Waals surface area contributed by atoms with Gasteiger partial charge in [-0.25, -0.2) is 13.2 Å². The monoisotopic (exact) mass is 516 g/mol. The first-order chi connectivity index (χ1) is 17.5. The second-order valence-corrected chi connectivity index (χ2v) is 11.7. The molecule has 200 valence electrons. The first kappa shape index (κ1) is 26.2. The van der Waals surface area contributed by atoms with Gasteiger partial charge in [0.1, 0.15) is 12.3 Å². The molecule has 1 N–H and O–H groups in total. The van der Waals surface area contributed by atoms with Crippen LogP contribution in [0.3, 0.4) is 0 Å². The van der Waals surface area contributed by atoms with E-state index in [9.17, 15) is 19.1 Å². The first-order valence-corrected chi connectivity index (χ1v) is 13.4. The number of halogens is 3. The summed E-state index contributed by atoms with van der Waals surface area (Å²) in [5.74, 6) is -4.03. The van der Waals surface area contributed by atoms with Gasteiger partial charge in [-0.05, 0) is 62.5 Å². The molecule has 37 heavy (non-hydrogen) atoms. The third kappa shape index (κ3) is 3.67. The molecule has 0 unspecified atom stereocenters. The lowest BCUT2D eigenvalue weighted by molar-refractivity contribution is -0.218. The highest BCUT2D eigenvalue weighted by molar-refractivity contribution is 6.04. The molecule has 9 atom stereocenters. The third-order valence-corrected chi connectivity index (χ3v) is 9.95. The SMILES string of the molecule is CCC(=O)O[C@@H]1[C@H](C)C[C@H]2[C@@H]3C[C@H](F)C4=C(F)C(=O)C=C[C@]4(C)[C@]3(F)[C@@H](O)C[C@]12CCc1ccccc1. The van der Waals surface area contributed by atoms with Gasteiger partial charge >= 0.3 is 5.97 Å². The van der Waals surface area contributed by atoms with Crippen LogP contribution >= 0.6 is 0 Å². The van der Waals surface area contributed by atoms with E-state index in [1.807, 2.05) is 37.3 Å². The number of esters is 1. The lowest BCUT2D eigenvalue weighted by Crippen LogP contribution is -2.69. The van der Waals surface area contributed by atoms with Gasteiger partial charge in [0.2, 0.25) is 5.78 Å². The van der Waals surface area contributed by atoms with Crippen LogP contribution in [-0.2, 0) is 20.7 Å². The highest BCUT2D eigenvalue weighted by atomic mass is 19.2. The van der Waals surface area contributed by atoms with Crippen molar-refractivity contribution >= 4 is 11.8 Å². The van der Waals surface area contributed by atoms with Crippen molar-refractivity contribution in [3.8, 4) is 0 Å². The van der Waals surface area contributed by atoms with Crippen LogP contribution in [0.4, 0.5) is 13.2 Å². The third-order valence-electron chi connectivity index (χ3n) is 9.95. The van der Waals surface area contributed by atoms with Crippen molar-refractivity contribution in [2.24, 2.45) is 28.6 Å². The summed E-state index contributed by atoms with van der Waals surface area (Å²) in [5.41, 5.74) is -4.34. The van der Waals surface area contributed by atoms with Crippen LogP contribution in [0, 0.1) is 28.6 Å². The molecule has 4 aliphatic rings. The lowest BCUT2D eigenvalue weighted by Gasteiger charge is -2.62. The number of ether oxygens (including phenoxy) is 1. The fourth-order valence-electron chi connectivity index (χ4n) is 8.30. The van der Waals surface area contributed by atoms with Crippen molar-refractivity contribution in [1.29, 1.82) is 0 Å². The van der Waals surface area contributed by atoms with Crippen LogP contribution in [-0.4, -0.2) is 40.9 Å². The molecule has 0 aliphatic heterocycles. The van der Waals surface area contributed by atoms with E-state index in [4.69, 9.17) is 4.74 Å². The normalized spacial score (nSPS) is 42.7. The van der Waals surface area contributed by atoms with E-state index in [-0.39, 0.29) is 37.1 Å². The van der Waals surface area contributed by atoms with E-state index >= 15 is 8.78 Å². The standard InChI is InChI=1S/C30H35F3O4/c1-4-24(36)37-27-17(2)14-19-20-15-21(31)25-26(32)22(34)11-12-28(25,3)30(20,33)23(35)16-29(19,27)13-10-18-8-6-5-7-9-18/h5-9,11-12,17,19-21,23,27,35H,4,10,13-16H2,1-3H3/t17-,19+,20+,21+,23+,27-,28+,29+,30-/m1/s1. The van der Waals surface area contributed by atoms with Gasteiger partial charge in [0.15, 0.2) is 11.5 Å². The van der Waals surface area contributed by atoms with E-state index in [2.05, 4.69) is 0 Å². The number of rotatable bonds is 5. The smallest absolute Gasteiger partial charge is 0.305 e. The zero-order valence-electron chi connectivity index (χ0n) is 21.6. The van der Waals surface area contributed by atoms with Crippen LogP contribution in [0.15, 0.2) is 53.9 Å². The lowest BCUT2D eigenvalue weighted by atomic mass is 9.44. The summed E-state index contributed by atoms with van der Waals surface area (Å²) in [6.45, 7) is 5.08. The summed E-state index contributed by atoms with van der Waals surface area (Å²) in [4.78, 5) is 24.5. The van der Waals surface area contributed by atoms with Crippen molar-refractivity contribution in [3.63, 3.8) is 0 Å². The molecule has 0 spiro atoms. The zero-order valence-corrected chi connectivity index (χ0v) is 21.6. The Morgan fingerprint density at radius 2 is 1.89 bits per heavy atom. The Balaban J connectivity index is 1.61.